The molecule has 1 aliphatic heterocycles. The average Bonchev–Trinajstić information content (AvgIpc) is 3.22. The first-order valence-electron chi connectivity index (χ1n) is 13.5. The van der Waals surface area contributed by atoms with E-state index in [0.29, 0.717) is 19.8 Å². The molecule has 0 N–H and O–H groups in total. The van der Waals surface area contributed by atoms with E-state index in [4.69, 9.17) is 18.6 Å². The Morgan fingerprint density at radius 3 is 1.82 bits per heavy atom. The number of aryl methyl sites for hydroxylation is 1. The molecule has 4 nitrogen and oxygen atoms in total. The van der Waals surface area contributed by atoms with Gasteiger partial charge in [0.1, 0.15) is 23.7 Å². The van der Waals surface area contributed by atoms with Crippen molar-refractivity contribution in [2.45, 2.75) is 87.7 Å². The van der Waals surface area contributed by atoms with Crippen LogP contribution < -0.4 is 0 Å². The van der Waals surface area contributed by atoms with Crippen LogP contribution in [0.25, 0.3) is 0 Å². The second-order valence-electron chi connectivity index (χ2n) is 11.6. The van der Waals surface area contributed by atoms with E-state index in [2.05, 4.69) is 89.3 Å². The lowest BCUT2D eigenvalue weighted by molar-refractivity contribution is -0.0807. The molecule has 3 aromatic carbocycles. The van der Waals surface area contributed by atoms with E-state index >= 15 is 0 Å². The van der Waals surface area contributed by atoms with Crippen molar-refractivity contribution in [3.8, 4) is 0 Å². The van der Waals surface area contributed by atoms with Crippen LogP contribution in [-0.2, 0) is 31.9 Å². The van der Waals surface area contributed by atoms with Crippen LogP contribution in [0.3, 0.4) is 0 Å². The van der Waals surface area contributed by atoms with Crippen LogP contribution in [0.5, 0.6) is 0 Å². The molecule has 1 heterocycles. The Morgan fingerprint density at radius 1 is 0.763 bits per heavy atom. The summed E-state index contributed by atoms with van der Waals surface area (Å²) in [6.07, 6.45) is -0.735. The minimum Gasteiger partial charge on any atom is -0.414 e. The minimum absolute atomic E-state index is 0.116. The monoisotopic (exact) mass is 550 g/mol. The van der Waals surface area contributed by atoms with E-state index < -0.39 is 8.32 Å². The normalized spacial score (nSPS) is 22.1. The molecule has 1 saturated heterocycles. The van der Waals surface area contributed by atoms with E-state index in [1.807, 2.05) is 36.4 Å². The zero-order valence-corrected chi connectivity index (χ0v) is 25.4. The van der Waals surface area contributed by atoms with Gasteiger partial charge in [0.25, 0.3) is 0 Å². The molecule has 6 heteroatoms. The molecule has 0 aliphatic carbocycles. The largest absolute Gasteiger partial charge is 0.414 e. The van der Waals surface area contributed by atoms with Gasteiger partial charge in [0.15, 0.2) is 8.32 Å². The molecule has 0 radical (unpaired) electrons. The van der Waals surface area contributed by atoms with Gasteiger partial charge in [-0.05, 0) is 48.3 Å². The number of ether oxygens (including phenoxy) is 3. The first-order valence-corrected chi connectivity index (χ1v) is 17.2. The summed E-state index contributed by atoms with van der Waals surface area (Å²) >= 11 is 1.70. The Labute approximate surface area is 234 Å². The van der Waals surface area contributed by atoms with Gasteiger partial charge in [-0.3, -0.25) is 0 Å². The molecule has 1 fully saturated rings. The smallest absolute Gasteiger partial charge is 0.192 e. The molecule has 0 unspecified atom stereocenters. The van der Waals surface area contributed by atoms with Crippen LogP contribution in [0.15, 0.2) is 89.8 Å². The van der Waals surface area contributed by atoms with Gasteiger partial charge in [0.05, 0.1) is 19.8 Å². The molecule has 38 heavy (non-hydrogen) atoms. The van der Waals surface area contributed by atoms with Crippen LogP contribution in [0.2, 0.25) is 18.1 Å². The Morgan fingerprint density at radius 2 is 1.29 bits per heavy atom. The quantitative estimate of drug-likeness (QED) is 0.226. The van der Waals surface area contributed by atoms with Crippen LogP contribution in [0, 0.1) is 6.92 Å². The Kier molecular flexibility index (Phi) is 9.90. The predicted molar refractivity (Wildman–Crippen MR) is 159 cm³/mol. The number of hydrogen-bond donors (Lipinski definition) is 0. The fourth-order valence-electron chi connectivity index (χ4n) is 4.09. The zero-order valence-electron chi connectivity index (χ0n) is 23.6. The first kappa shape index (κ1) is 29.1. The Balaban J connectivity index is 1.58. The summed E-state index contributed by atoms with van der Waals surface area (Å²) in [5.41, 5.74) is 3.29. The molecular formula is C32H42O4SSi. The van der Waals surface area contributed by atoms with E-state index in [9.17, 15) is 0 Å². The molecule has 4 atom stereocenters. The van der Waals surface area contributed by atoms with Crippen molar-refractivity contribution in [3.05, 3.63) is 102 Å². The lowest BCUT2D eigenvalue weighted by Crippen LogP contribution is -2.45. The topological polar surface area (TPSA) is 36.9 Å². The molecule has 0 bridgehead atoms. The highest BCUT2D eigenvalue weighted by Gasteiger charge is 2.48. The number of rotatable bonds is 11. The summed E-state index contributed by atoms with van der Waals surface area (Å²) in [6.45, 7) is 15.0. The molecule has 1 aliphatic rings. The SMILES string of the molecule is Cc1ccc(S[C@H]2O[C@H](CO[Si](C)(C)C(C)(C)C)[C@@H](OCc3ccccc3)[C@@H]2OCc2ccccc2)cc1. The van der Waals surface area contributed by atoms with E-state index in [1.165, 1.54) is 5.56 Å². The predicted octanol–water partition coefficient (Wildman–Crippen LogP) is 8.00. The van der Waals surface area contributed by atoms with Crippen LogP contribution in [0.4, 0.5) is 0 Å². The van der Waals surface area contributed by atoms with E-state index in [-0.39, 0.29) is 28.8 Å². The maximum Gasteiger partial charge on any atom is 0.192 e. The Hall–Kier alpha value is -1.93. The number of thioether (sulfide) groups is 1. The first-order chi connectivity index (χ1) is 18.1. The molecule has 3 aromatic rings. The summed E-state index contributed by atoms with van der Waals surface area (Å²) in [6, 6.07) is 29.2. The number of benzene rings is 3. The van der Waals surface area contributed by atoms with Crippen LogP contribution in [0.1, 0.15) is 37.5 Å². The highest BCUT2D eigenvalue weighted by molar-refractivity contribution is 7.99. The fraction of sp³-hybridized carbons (Fsp3) is 0.438. The van der Waals surface area contributed by atoms with E-state index in [0.717, 1.165) is 16.0 Å². The highest BCUT2D eigenvalue weighted by atomic mass is 32.2. The number of hydrogen-bond acceptors (Lipinski definition) is 5. The van der Waals surface area contributed by atoms with Crippen molar-refractivity contribution in [1.29, 1.82) is 0 Å². The minimum atomic E-state index is -1.97. The highest BCUT2D eigenvalue weighted by Crippen LogP contribution is 2.40. The molecule has 0 spiro atoms. The molecular weight excluding hydrogens is 509 g/mol. The van der Waals surface area contributed by atoms with Gasteiger partial charge in [-0.1, -0.05) is 111 Å². The third-order valence-corrected chi connectivity index (χ3v) is 13.2. The van der Waals surface area contributed by atoms with E-state index in [1.54, 1.807) is 11.8 Å². The molecule has 4 rings (SSSR count). The zero-order chi connectivity index (χ0) is 27.2. The summed E-state index contributed by atoms with van der Waals surface area (Å²) in [4.78, 5) is 1.15. The van der Waals surface area contributed by atoms with Gasteiger partial charge < -0.3 is 18.6 Å². The van der Waals surface area contributed by atoms with Gasteiger partial charge in [-0.2, -0.15) is 0 Å². The lowest BCUT2D eigenvalue weighted by Gasteiger charge is -2.37. The summed E-state index contributed by atoms with van der Waals surface area (Å²) in [5.74, 6) is 0. The van der Waals surface area contributed by atoms with Gasteiger partial charge in [0, 0.05) is 4.90 Å². The van der Waals surface area contributed by atoms with Gasteiger partial charge in [0.2, 0.25) is 0 Å². The van der Waals surface area contributed by atoms with Crippen LogP contribution >= 0.6 is 11.8 Å². The van der Waals surface area contributed by atoms with Crippen molar-refractivity contribution < 1.29 is 18.6 Å². The van der Waals surface area contributed by atoms with Crippen molar-refractivity contribution in [1.82, 2.24) is 0 Å². The van der Waals surface area contributed by atoms with Crippen molar-refractivity contribution in [2.24, 2.45) is 0 Å². The molecule has 204 valence electrons. The maximum absolute atomic E-state index is 6.72. The lowest BCUT2D eigenvalue weighted by atomic mass is 10.1. The second-order valence-corrected chi connectivity index (χ2v) is 17.5. The Bertz CT molecular complexity index is 1120. The van der Waals surface area contributed by atoms with Gasteiger partial charge in [-0.25, -0.2) is 0 Å². The summed E-state index contributed by atoms with van der Waals surface area (Å²) in [7, 11) is -1.97. The van der Waals surface area contributed by atoms with Crippen LogP contribution in [-0.4, -0.2) is 38.7 Å². The standard InChI is InChI=1S/C32H42O4SSi/c1-24-17-19-27(20-18-24)37-31-30(34-22-26-15-11-8-12-16-26)29(33-21-25-13-9-7-10-14-25)28(36-31)23-35-38(5,6)32(2,3)4/h7-20,28-31H,21-23H2,1-6H3/t28-,29-,30+,31-/m1/s1. The van der Waals surface area contributed by atoms with Crippen molar-refractivity contribution in [3.63, 3.8) is 0 Å². The molecule has 0 amide bonds. The van der Waals surface area contributed by atoms with Crippen molar-refractivity contribution in [2.75, 3.05) is 6.61 Å². The average molecular weight is 551 g/mol. The third-order valence-electron chi connectivity index (χ3n) is 7.53. The second kappa shape index (κ2) is 12.9. The fourth-order valence-corrected chi connectivity index (χ4v) is 6.23. The summed E-state index contributed by atoms with van der Waals surface area (Å²) in [5, 5.41) is 0.116. The van der Waals surface area contributed by atoms with Gasteiger partial charge in [-0.15, -0.1) is 0 Å². The van der Waals surface area contributed by atoms with Gasteiger partial charge >= 0.3 is 0 Å². The molecule has 0 saturated carbocycles. The third kappa shape index (κ3) is 7.81. The molecule has 0 aromatic heterocycles. The maximum atomic E-state index is 6.72. The summed E-state index contributed by atoms with van der Waals surface area (Å²) < 4.78 is 26.6. The van der Waals surface area contributed by atoms with Crippen molar-refractivity contribution >= 4 is 20.1 Å².